The first-order valence-electron chi connectivity index (χ1n) is 6.17. The molecule has 0 fully saturated rings. The summed E-state index contributed by atoms with van der Waals surface area (Å²) in [5.74, 6) is 0.262. The first-order chi connectivity index (χ1) is 9.19. The molecular formula is C15H17FN2O. The molecule has 2 rings (SSSR count). The van der Waals surface area contributed by atoms with E-state index >= 15 is 0 Å². The van der Waals surface area contributed by atoms with Crippen molar-refractivity contribution in [3.8, 4) is 5.75 Å². The zero-order valence-corrected chi connectivity index (χ0v) is 11.1. The van der Waals surface area contributed by atoms with E-state index in [1.54, 1.807) is 19.1 Å². The van der Waals surface area contributed by atoms with Crippen LogP contribution in [0.15, 0.2) is 36.4 Å². The van der Waals surface area contributed by atoms with Gasteiger partial charge in [-0.3, -0.25) is 4.98 Å². The fourth-order valence-electron chi connectivity index (χ4n) is 1.71. The van der Waals surface area contributed by atoms with Crippen LogP contribution in [0.4, 0.5) is 4.39 Å². The summed E-state index contributed by atoms with van der Waals surface area (Å²) in [6, 6.07) is 10.6. The first-order valence-corrected chi connectivity index (χ1v) is 6.17. The van der Waals surface area contributed by atoms with E-state index in [1.165, 1.54) is 6.07 Å². The lowest BCUT2D eigenvalue weighted by atomic mass is 10.2. The molecule has 0 bridgehead atoms. The fourth-order valence-corrected chi connectivity index (χ4v) is 1.71. The molecule has 19 heavy (non-hydrogen) atoms. The molecule has 0 aliphatic rings. The van der Waals surface area contributed by atoms with E-state index in [1.807, 2.05) is 25.2 Å². The minimum absolute atomic E-state index is 0.255. The number of pyridine rings is 1. The summed E-state index contributed by atoms with van der Waals surface area (Å²) < 4.78 is 18.9. The highest BCUT2D eigenvalue weighted by atomic mass is 19.1. The highest BCUT2D eigenvalue weighted by Gasteiger charge is 2.02. The molecular weight excluding hydrogens is 243 g/mol. The number of halogens is 1. The monoisotopic (exact) mass is 260 g/mol. The zero-order valence-electron chi connectivity index (χ0n) is 11.1. The number of aromatic nitrogens is 1. The number of benzene rings is 1. The van der Waals surface area contributed by atoms with Gasteiger partial charge in [0.1, 0.15) is 18.2 Å². The molecule has 0 amide bonds. The van der Waals surface area contributed by atoms with Crippen LogP contribution in [0.3, 0.4) is 0 Å². The predicted octanol–water partition coefficient (Wildman–Crippen LogP) is 2.83. The normalized spacial score (nSPS) is 10.5. The highest BCUT2D eigenvalue weighted by molar-refractivity contribution is 5.28. The van der Waals surface area contributed by atoms with Crippen molar-refractivity contribution in [2.45, 2.75) is 20.1 Å². The van der Waals surface area contributed by atoms with Gasteiger partial charge in [0, 0.05) is 12.6 Å². The smallest absolute Gasteiger partial charge is 0.130 e. The molecule has 1 heterocycles. The molecule has 1 aromatic carbocycles. The first kappa shape index (κ1) is 13.5. The number of nitrogens with one attached hydrogen (secondary N) is 1. The molecule has 4 heteroatoms. The van der Waals surface area contributed by atoms with Crippen LogP contribution in [0.25, 0.3) is 0 Å². The van der Waals surface area contributed by atoms with E-state index < -0.39 is 0 Å². The fraction of sp³-hybridized carbons (Fsp3) is 0.267. The third kappa shape index (κ3) is 3.76. The highest BCUT2D eigenvalue weighted by Crippen LogP contribution is 2.17. The minimum atomic E-state index is -0.255. The summed E-state index contributed by atoms with van der Waals surface area (Å²) >= 11 is 0. The van der Waals surface area contributed by atoms with Gasteiger partial charge < -0.3 is 10.1 Å². The summed E-state index contributed by atoms with van der Waals surface area (Å²) in [6.07, 6.45) is 0. The molecule has 2 aromatic rings. The predicted molar refractivity (Wildman–Crippen MR) is 72.5 cm³/mol. The van der Waals surface area contributed by atoms with Crippen molar-refractivity contribution < 1.29 is 9.13 Å². The van der Waals surface area contributed by atoms with Crippen molar-refractivity contribution in [1.82, 2.24) is 10.3 Å². The largest absolute Gasteiger partial charge is 0.487 e. The molecule has 1 aromatic heterocycles. The SMILES string of the molecule is CNCc1cccc(COc2ccc(C)c(F)c2)n1. The van der Waals surface area contributed by atoms with Crippen LogP contribution in [-0.4, -0.2) is 12.0 Å². The summed E-state index contributed by atoms with van der Waals surface area (Å²) in [7, 11) is 1.87. The van der Waals surface area contributed by atoms with Crippen molar-refractivity contribution >= 4 is 0 Å². The van der Waals surface area contributed by atoms with Crippen LogP contribution in [-0.2, 0) is 13.2 Å². The molecule has 0 unspecified atom stereocenters. The average Bonchev–Trinajstić information content (AvgIpc) is 2.41. The molecule has 1 N–H and O–H groups in total. The van der Waals surface area contributed by atoms with Crippen molar-refractivity contribution in [3.05, 3.63) is 59.2 Å². The van der Waals surface area contributed by atoms with Crippen LogP contribution in [0.5, 0.6) is 5.75 Å². The zero-order chi connectivity index (χ0) is 13.7. The van der Waals surface area contributed by atoms with Gasteiger partial charge in [-0.1, -0.05) is 12.1 Å². The van der Waals surface area contributed by atoms with Gasteiger partial charge in [0.05, 0.1) is 11.4 Å². The summed E-state index contributed by atoms with van der Waals surface area (Å²) in [4.78, 5) is 4.44. The van der Waals surface area contributed by atoms with E-state index in [0.717, 1.165) is 11.4 Å². The lowest BCUT2D eigenvalue weighted by Crippen LogP contribution is -2.08. The third-order valence-corrected chi connectivity index (χ3v) is 2.75. The third-order valence-electron chi connectivity index (χ3n) is 2.75. The van der Waals surface area contributed by atoms with Crippen LogP contribution < -0.4 is 10.1 Å². The summed E-state index contributed by atoms with van der Waals surface area (Å²) in [5, 5.41) is 3.05. The number of ether oxygens (including phenoxy) is 1. The van der Waals surface area contributed by atoms with Crippen LogP contribution >= 0.6 is 0 Å². The Morgan fingerprint density at radius 2 is 2.00 bits per heavy atom. The molecule has 0 aliphatic heterocycles. The molecule has 100 valence electrons. The quantitative estimate of drug-likeness (QED) is 0.897. The van der Waals surface area contributed by atoms with Gasteiger partial charge >= 0.3 is 0 Å². The Labute approximate surface area is 112 Å². The second-order valence-electron chi connectivity index (χ2n) is 4.35. The summed E-state index contributed by atoms with van der Waals surface area (Å²) in [5.41, 5.74) is 2.40. The molecule has 0 saturated carbocycles. The Morgan fingerprint density at radius 1 is 1.21 bits per heavy atom. The number of hydrogen-bond acceptors (Lipinski definition) is 3. The van der Waals surface area contributed by atoms with Crippen molar-refractivity contribution in [2.24, 2.45) is 0 Å². The molecule has 0 spiro atoms. The van der Waals surface area contributed by atoms with Gasteiger partial charge in [-0.05, 0) is 37.7 Å². The maximum absolute atomic E-state index is 13.4. The van der Waals surface area contributed by atoms with Crippen LogP contribution in [0.2, 0.25) is 0 Å². The number of hydrogen-bond donors (Lipinski definition) is 1. The standard InChI is InChI=1S/C15H17FN2O/c1-11-6-7-14(8-15(11)16)19-10-13-5-3-4-12(18-13)9-17-2/h3-8,17H,9-10H2,1-2H3. The molecule has 0 radical (unpaired) electrons. The Morgan fingerprint density at radius 3 is 2.74 bits per heavy atom. The van der Waals surface area contributed by atoms with E-state index in [2.05, 4.69) is 10.3 Å². The van der Waals surface area contributed by atoms with Gasteiger partial charge in [-0.15, -0.1) is 0 Å². The van der Waals surface area contributed by atoms with Gasteiger partial charge in [-0.2, -0.15) is 0 Å². The number of nitrogens with zero attached hydrogens (tertiary/aromatic N) is 1. The lowest BCUT2D eigenvalue weighted by Gasteiger charge is -2.08. The van der Waals surface area contributed by atoms with Gasteiger partial charge in [-0.25, -0.2) is 4.39 Å². The second-order valence-corrected chi connectivity index (χ2v) is 4.35. The van der Waals surface area contributed by atoms with Crippen LogP contribution in [0, 0.1) is 12.7 Å². The van der Waals surface area contributed by atoms with Gasteiger partial charge in [0.2, 0.25) is 0 Å². The maximum Gasteiger partial charge on any atom is 0.130 e. The average molecular weight is 260 g/mol. The molecule has 0 aliphatic carbocycles. The molecule has 0 saturated heterocycles. The van der Waals surface area contributed by atoms with E-state index in [4.69, 9.17) is 4.74 Å². The molecule has 3 nitrogen and oxygen atoms in total. The van der Waals surface area contributed by atoms with Gasteiger partial charge in [0.15, 0.2) is 0 Å². The minimum Gasteiger partial charge on any atom is -0.487 e. The topological polar surface area (TPSA) is 34.1 Å². The Bertz CT molecular complexity index is 558. The Hall–Kier alpha value is -1.94. The van der Waals surface area contributed by atoms with E-state index in [-0.39, 0.29) is 5.82 Å². The number of aryl methyl sites for hydroxylation is 1. The Balaban J connectivity index is 2.01. The van der Waals surface area contributed by atoms with E-state index in [9.17, 15) is 4.39 Å². The second kappa shape index (κ2) is 6.29. The Kier molecular flexibility index (Phi) is 4.47. The van der Waals surface area contributed by atoms with E-state index in [0.29, 0.717) is 24.5 Å². The maximum atomic E-state index is 13.4. The molecule has 0 atom stereocenters. The lowest BCUT2D eigenvalue weighted by molar-refractivity contribution is 0.299. The van der Waals surface area contributed by atoms with Crippen molar-refractivity contribution in [1.29, 1.82) is 0 Å². The van der Waals surface area contributed by atoms with Gasteiger partial charge in [0.25, 0.3) is 0 Å². The summed E-state index contributed by atoms with van der Waals surface area (Å²) in [6.45, 7) is 2.77. The number of rotatable bonds is 5. The van der Waals surface area contributed by atoms with Crippen LogP contribution in [0.1, 0.15) is 17.0 Å². The van der Waals surface area contributed by atoms with Crippen molar-refractivity contribution in [3.63, 3.8) is 0 Å². The van der Waals surface area contributed by atoms with Crippen molar-refractivity contribution in [2.75, 3.05) is 7.05 Å².